The quantitative estimate of drug-likeness (QED) is 0.842. The highest BCUT2D eigenvalue weighted by molar-refractivity contribution is 9.10. The van der Waals surface area contributed by atoms with Crippen molar-refractivity contribution < 1.29 is 9.53 Å². The lowest BCUT2D eigenvalue weighted by molar-refractivity contribution is 0.0927. The Kier molecular flexibility index (Phi) is 4.98. The number of carbonyl (C=O) groups is 1. The van der Waals surface area contributed by atoms with Gasteiger partial charge in [0.15, 0.2) is 0 Å². The Labute approximate surface area is 148 Å². The van der Waals surface area contributed by atoms with Crippen LogP contribution < -0.4 is 15.0 Å². The number of aryl methyl sites for hydroxylation is 1. The zero-order valence-electron chi connectivity index (χ0n) is 13.6. The van der Waals surface area contributed by atoms with Gasteiger partial charge in [-0.2, -0.15) is 10.1 Å². The Morgan fingerprint density at radius 3 is 3.04 bits per heavy atom. The van der Waals surface area contributed by atoms with Crippen molar-refractivity contribution in [3.05, 3.63) is 28.6 Å². The van der Waals surface area contributed by atoms with Crippen molar-refractivity contribution in [2.75, 3.05) is 25.1 Å². The van der Waals surface area contributed by atoms with Crippen molar-refractivity contribution in [3.63, 3.8) is 0 Å². The van der Waals surface area contributed by atoms with Crippen molar-refractivity contribution in [3.8, 4) is 5.88 Å². The van der Waals surface area contributed by atoms with E-state index in [0.717, 1.165) is 19.4 Å². The summed E-state index contributed by atoms with van der Waals surface area (Å²) in [5, 5.41) is 7.17. The molecule has 0 saturated carbocycles. The smallest absolute Gasteiger partial charge is 0.272 e. The fraction of sp³-hybridized carbons (Fsp3) is 0.467. The molecular weight excluding hydrogens is 376 g/mol. The average Bonchev–Trinajstić information content (AvgIpc) is 3.02. The fourth-order valence-corrected chi connectivity index (χ4v) is 3.06. The van der Waals surface area contributed by atoms with Crippen LogP contribution in [0, 0.1) is 0 Å². The average molecular weight is 395 g/mol. The molecule has 2 aromatic heterocycles. The van der Waals surface area contributed by atoms with Gasteiger partial charge in [0.05, 0.1) is 17.8 Å². The lowest BCUT2D eigenvalue weighted by Gasteiger charge is -2.33. The number of methoxy groups -OCH3 is 1. The highest BCUT2D eigenvalue weighted by Gasteiger charge is 2.24. The number of nitrogens with one attached hydrogen (secondary N) is 1. The van der Waals surface area contributed by atoms with Crippen LogP contribution in [-0.2, 0) is 7.05 Å². The van der Waals surface area contributed by atoms with Gasteiger partial charge in [0.25, 0.3) is 5.91 Å². The highest BCUT2D eigenvalue weighted by Crippen LogP contribution is 2.25. The molecule has 0 spiro atoms. The third-order valence-corrected chi connectivity index (χ3v) is 4.42. The summed E-state index contributed by atoms with van der Waals surface area (Å²) in [7, 11) is 3.36. The van der Waals surface area contributed by atoms with Gasteiger partial charge in [-0.15, -0.1) is 0 Å². The molecule has 1 saturated heterocycles. The number of piperidine rings is 1. The van der Waals surface area contributed by atoms with Crippen molar-refractivity contribution in [2.24, 2.45) is 7.05 Å². The van der Waals surface area contributed by atoms with Gasteiger partial charge in [-0.1, -0.05) is 0 Å². The van der Waals surface area contributed by atoms with Crippen LogP contribution in [0.15, 0.2) is 22.9 Å². The molecular formula is C15H19BrN6O2. The Balaban J connectivity index is 1.67. The number of halogens is 1. The molecule has 1 amide bonds. The van der Waals surface area contributed by atoms with Gasteiger partial charge in [-0.05, 0) is 34.8 Å². The molecule has 128 valence electrons. The molecule has 1 fully saturated rings. The summed E-state index contributed by atoms with van der Waals surface area (Å²) in [6.07, 6.45) is 5.30. The number of carbonyl (C=O) groups excluding carboxylic acids is 1. The SMILES string of the molecule is COc1nc(N2CCCC(NC(=O)c3ccn(C)n3)C2)ncc1Br. The zero-order chi connectivity index (χ0) is 17.1. The van der Waals surface area contributed by atoms with Gasteiger partial charge >= 0.3 is 0 Å². The monoisotopic (exact) mass is 394 g/mol. The van der Waals surface area contributed by atoms with Gasteiger partial charge in [-0.25, -0.2) is 4.98 Å². The minimum Gasteiger partial charge on any atom is -0.480 e. The number of amides is 1. The summed E-state index contributed by atoms with van der Waals surface area (Å²) < 4.78 is 7.55. The van der Waals surface area contributed by atoms with Gasteiger partial charge in [-0.3, -0.25) is 9.48 Å². The van der Waals surface area contributed by atoms with E-state index in [0.29, 0.717) is 28.5 Å². The number of nitrogens with zero attached hydrogens (tertiary/aromatic N) is 5. The van der Waals surface area contributed by atoms with E-state index in [9.17, 15) is 4.79 Å². The predicted molar refractivity (Wildman–Crippen MR) is 92.2 cm³/mol. The normalized spacial score (nSPS) is 17.6. The van der Waals surface area contributed by atoms with E-state index in [4.69, 9.17) is 4.74 Å². The topological polar surface area (TPSA) is 85.2 Å². The van der Waals surface area contributed by atoms with Crippen LogP contribution in [0.1, 0.15) is 23.3 Å². The number of anilines is 1. The van der Waals surface area contributed by atoms with E-state index in [1.807, 2.05) is 0 Å². The lowest BCUT2D eigenvalue weighted by Crippen LogP contribution is -2.48. The van der Waals surface area contributed by atoms with Crippen LogP contribution in [0.25, 0.3) is 0 Å². The Morgan fingerprint density at radius 1 is 1.50 bits per heavy atom. The maximum Gasteiger partial charge on any atom is 0.272 e. The Bertz CT molecular complexity index is 735. The molecule has 0 radical (unpaired) electrons. The van der Waals surface area contributed by atoms with Crippen molar-refractivity contribution in [1.29, 1.82) is 0 Å². The standard InChI is InChI=1S/C15H19BrN6O2/c1-21-7-5-12(20-21)13(23)18-10-4-3-6-22(9-10)15-17-8-11(16)14(19-15)24-2/h5,7-8,10H,3-4,6,9H2,1-2H3,(H,18,23). The van der Waals surface area contributed by atoms with Gasteiger partial charge in [0.2, 0.25) is 11.8 Å². The van der Waals surface area contributed by atoms with Crippen molar-refractivity contribution >= 4 is 27.8 Å². The first kappa shape index (κ1) is 16.7. The molecule has 1 N–H and O–H groups in total. The molecule has 1 aliphatic rings. The van der Waals surface area contributed by atoms with Crippen molar-refractivity contribution in [2.45, 2.75) is 18.9 Å². The largest absolute Gasteiger partial charge is 0.480 e. The lowest BCUT2D eigenvalue weighted by atomic mass is 10.1. The summed E-state index contributed by atoms with van der Waals surface area (Å²) in [6.45, 7) is 1.50. The van der Waals surface area contributed by atoms with E-state index < -0.39 is 0 Å². The van der Waals surface area contributed by atoms with Gasteiger partial charge in [0, 0.05) is 32.4 Å². The van der Waals surface area contributed by atoms with Crippen LogP contribution in [0.3, 0.4) is 0 Å². The highest BCUT2D eigenvalue weighted by atomic mass is 79.9. The maximum absolute atomic E-state index is 12.3. The molecule has 3 rings (SSSR count). The van der Waals surface area contributed by atoms with E-state index in [1.165, 1.54) is 0 Å². The Hall–Kier alpha value is -2.16. The predicted octanol–water partition coefficient (Wildman–Crippen LogP) is 1.38. The molecule has 8 nitrogen and oxygen atoms in total. The van der Waals surface area contributed by atoms with Gasteiger partial charge < -0.3 is 15.0 Å². The third-order valence-electron chi connectivity index (χ3n) is 3.88. The molecule has 0 aromatic carbocycles. The summed E-state index contributed by atoms with van der Waals surface area (Å²) in [5.74, 6) is 0.947. The summed E-state index contributed by atoms with van der Waals surface area (Å²) >= 11 is 3.35. The van der Waals surface area contributed by atoms with Crippen LogP contribution in [-0.4, -0.2) is 51.9 Å². The number of aromatic nitrogens is 4. The molecule has 24 heavy (non-hydrogen) atoms. The molecule has 1 aliphatic heterocycles. The zero-order valence-corrected chi connectivity index (χ0v) is 15.2. The second kappa shape index (κ2) is 7.16. The Morgan fingerprint density at radius 2 is 2.33 bits per heavy atom. The number of rotatable bonds is 4. The first-order valence-electron chi connectivity index (χ1n) is 7.69. The summed E-state index contributed by atoms with van der Waals surface area (Å²) in [6, 6.07) is 1.74. The minimum absolute atomic E-state index is 0.0338. The first-order chi connectivity index (χ1) is 11.6. The summed E-state index contributed by atoms with van der Waals surface area (Å²) in [4.78, 5) is 23.1. The molecule has 3 heterocycles. The summed E-state index contributed by atoms with van der Waals surface area (Å²) in [5.41, 5.74) is 0.427. The maximum atomic E-state index is 12.3. The number of hydrogen-bond acceptors (Lipinski definition) is 6. The molecule has 0 aliphatic carbocycles. The molecule has 1 unspecified atom stereocenters. The fourth-order valence-electron chi connectivity index (χ4n) is 2.71. The van der Waals surface area contributed by atoms with E-state index in [1.54, 1.807) is 37.3 Å². The second-order valence-electron chi connectivity index (χ2n) is 5.66. The molecule has 2 aromatic rings. The molecule has 1 atom stereocenters. The van der Waals surface area contributed by atoms with Crippen LogP contribution >= 0.6 is 15.9 Å². The molecule has 0 bridgehead atoms. The van der Waals surface area contributed by atoms with E-state index >= 15 is 0 Å². The number of ether oxygens (including phenoxy) is 1. The minimum atomic E-state index is -0.156. The van der Waals surface area contributed by atoms with E-state index in [2.05, 4.69) is 41.2 Å². The van der Waals surface area contributed by atoms with Crippen LogP contribution in [0.5, 0.6) is 5.88 Å². The van der Waals surface area contributed by atoms with Crippen LogP contribution in [0.4, 0.5) is 5.95 Å². The van der Waals surface area contributed by atoms with Gasteiger partial charge in [0.1, 0.15) is 5.69 Å². The van der Waals surface area contributed by atoms with Crippen molar-refractivity contribution in [1.82, 2.24) is 25.1 Å². The first-order valence-corrected chi connectivity index (χ1v) is 8.48. The second-order valence-corrected chi connectivity index (χ2v) is 6.51. The van der Waals surface area contributed by atoms with Crippen LogP contribution in [0.2, 0.25) is 0 Å². The number of hydrogen-bond donors (Lipinski definition) is 1. The molecule has 9 heteroatoms. The third kappa shape index (κ3) is 3.66. The van der Waals surface area contributed by atoms with E-state index in [-0.39, 0.29) is 11.9 Å².